The molecule has 0 saturated carbocycles. The third-order valence-electron chi connectivity index (χ3n) is 4.46. The van der Waals surface area contributed by atoms with E-state index in [0.717, 1.165) is 0 Å². The van der Waals surface area contributed by atoms with Gasteiger partial charge in [-0.2, -0.15) is 0 Å². The Bertz CT molecular complexity index is 703. The third-order valence-corrected chi connectivity index (χ3v) is 4.46. The number of ether oxygens (including phenoxy) is 2. The zero-order valence-corrected chi connectivity index (χ0v) is 14.0. The minimum atomic E-state index is -0.702. The second-order valence-corrected chi connectivity index (χ2v) is 6.20. The summed E-state index contributed by atoms with van der Waals surface area (Å²) >= 11 is 0. The fourth-order valence-electron chi connectivity index (χ4n) is 3.24. The minimum absolute atomic E-state index is 0.0846. The molecule has 1 atom stereocenters. The van der Waals surface area contributed by atoms with E-state index in [1.165, 1.54) is 17.0 Å². The van der Waals surface area contributed by atoms with Crippen molar-refractivity contribution < 1.29 is 23.0 Å². The van der Waals surface area contributed by atoms with E-state index in [4.69, 9.17) is 9.47 Å². The third kappa shape index (κ3) is 3.25. The van der Waals surface area contributed by atoms with Crippen molar-refractivity contribution in [2.75, 3.05) is 49.2 Å². The van der Waals surface area contributed by atoms with Crippen molar-refractivity contribution in [2.24, 2.45) is 0 Å². The lowest BCUT2D eigenvalue weighted by atomic mass is 10.2. The second kappa shape index (κ2) is 6.96. The number of carbonyl (C=O) groups is 1. The first-order valence-electron chi connectivity index (χ1n) is 8.36. The number of cyclic esters (lactones) is 1. The van der Waals surface area contributed by atoms with Gasteiger partial charge in [0.2, 0.25) is 0 Å². The Morgan fingerprint density at radius 2 is 1.92 bits per heavy atom. The normalized spacial score (nSPS) is 22.8. The molecular formula is C16H19F2N5O3. The first kappa shape index (κ1) is 16.9. The zero-order chi connectivity index (χ0) is 18.1. The molecule has 0 radical (unpaired) electrons. The number of carbonyl (C=O) groups excluding carboxylic acids is 1. The molecule has 0 spiro atoms. The van der Waals surface area contributed by atoms with Gasteiger partial charge < -0.3 is 19.8 Å². The first-order valence-corrected chi connectivity index (χ1v) is 8.36. The number of hydrogen-bond donors (Lipinski definition) is 2. The summed E-state index contributed by atoms with van der Waals surface area (Å²) < 4.78 is 39.6. The van der Waals surface area contributed by atoms with E-state index >= 15 is 0 Å². The molecular weight excluding hydrogens is 348 g/mol. The van der Waals surface area contributed by atoms with Crippen LogP contribution in [0.3, 0.4) is 0 Å². The lowest BCUT2D eigenvalue weighted by molar-refractivity contribution is 0.109. The maximum absolute atomic E-state index is 14.6. The summed E-state index contributed by atoms with van der Waals surface area (Å²) in [5, 5.41) is 1.71. The number of amides is 1. The minimum Gasteiger partial charge on any atom is -0.442 e. The quantitative estimate of drug-likeness (QED) is 0.820. The smallest absolute Gasteiger partial charge is 0.414 e. The SMILES string of the molecule is O=C1OC(CN2C=CNN2)CN1c1cc(F)c(N2CCOCC2)c(F)c1. The highest BCUT2D eigenvalue weighted by Crippen LogP contribution is 2.31. The topological polar surface area (TPSA) is 69.3 Å². The summed E-state index contributed by atoms with van der Waals surface area (Å²) in [6.45, 7) is 2.31. The Labute approximate surface area is 148 Å². The van der Waals surface area contributed by atoms with Crippen LogP contribution in [0.4, 0.5) is 25.0 Å². The summed E-state index contributed by atoms with van der Waals surface area (Å²) in [6, 6.07) is 2.35. The lowest BCUT2D eigenvalue weighted by Crippen LogP contribution is -2.41. The van der Waals surface area contributed by atoms with Gasteiger partial charge in [0, 0.05) is 37.6 Å². The molecule has 3 aliphatic rings. The van der Waals surface area contributed by atoms with Crippen LogP contribution < -0.4 is 20.8 Å². The van der Waals surface area contributed by atoms with Crippen molar-refractivity contribution >= 4 is 17.5 Å². The molecule has 4 rings (SSSR count). The average molecular weight is 367 g/mol. The molecule has 1 aromatic rings. The number of nitrogens with zero attached hydrogens (tertiary/aromatic N) is 3. The van der Waals surface area contributed by atoms with E-state index in [2.05, 4.69) is 11.0 Å². The van der Waals surface area contributed by atoms with E-state index in [0.29, 0.717) is 32.8 Å². The fourth-order valence-corrected chi connectivity index (χ4v) is 3.24. The Hall–Kier alpha value is -2.59. The van der Waals surface area contributed by atoms with Gasteiger partial charge in [0.15, 0.2) is 11.6 Å². The number of halogens is 2. The predicted molar refractivity (Wildman–Crippen MR) is 89.1 cm³/mol. The molecule has 1 unspecified atom stereocenters. The van der Waals surface area contributed by atoms with E-state index in [9.17, 15) is 13.6 Å². The predicted octanol–water partition coefficient (Wildman–Crippen LogP) is 0.923. The van der Waals surface area contributed by atoms with Crippen LogP contribution in [0.1, 0.15) is 0 Å². The van der Waals surface area contributed by atoms with Gasteiger partial charge in [-0.15, -0.1) is 5.53 Å². The van der Waals surface area contributed by atoms with Crippen LogP contribution >= 0.6 is 0 Å². The van der Waals surface area contributed by atoms with Crippen molar-refractivity contribution in [3.8, 4) is 0 Å². The zero-order valence-electron chi connectivity index (χ0n) is 14.0. The highest BCUT2D eigenvalue weighted by molar-refractivity contribution is 5.90. The number of morpholine rings is 1. The molecule has 0 bridgehead atoms. The number of benzene rings is 1. The Kier molecular flexibility index (Phi) is 4.51. The number of hydrogen-bond acceptors (Lipinski definition) is 7. The van der Waals surface area contributed by atoms with Crippen LogP contribution in [0.15, 0.2) is 24.5 Å². The number of rotatable bonds is 4. The molecule has 10 heteroatoms. The largest absolute Gasteiger partial charge is 0.442 e. The fraction of sp³-hybridized carbons (Fsp3) is 0.438. The molecule has 26 heavy (non-hydrogen) atoms. The molecule has 2 fully saturated rings. The molecule has 3 heterocycles. The van der Waals surface area contributed by atoms with Gasteiger partial charge in [0.1, 0.15) is 11.8 Å². The maximum atomic E-state index is 14.6. The Morgan fingerprint density at radius 3 is 2.58 bits per heavy atom. The van der Waals surface area contributed by atoms with E-state index in [-0.39, 0.29) is 17.9 Å². The van der Waals surface area contributed by atoms with Gasteiger partial charge in [0.25, 0.3) is 0 Å². The highest BCUT2D eigenvalue weighted by atomic mass is 19.1. The lowest BCUT2D eigenvalue weighted by Gasteiger charge is -2.29. The summed E-state index contributed by atoms with van der Waals surface area (Å²) in [5.41, 5.74) is 5.68. The molecule has 8 nitrogen and oxygen atoms in total. The van der Waals surface area contributed by atoms with Crippen molar-refractivity contribution in [3.63, 3.8) is 0 Å². The molecule has 0 aromatic heterocycles. The van der Waals surface area contributed by atoms with Crippen LogP contribution in [-0.2, 0) is 9.47 Å². The van der Waals surface area contributed by atoms with Gasteiger partial charge in [-0.05, 0) is 0 Å². The number of hydrazine groups is 2. The van der Waals surface area contributed by atoms with Gasteiger partial charge in [-0.1, -0.05) is 0 Å². The van der Waals surface area contributed by atoms with Crippen molar-refractivity contribution in [1.29, 1.82) is 0 Å². The number of anilines is 2. The molecule has 2 saturated heterocycles. The molecule has 0 aliphatic carbocycles. The summed E-state index contributed by atoms with van der Waals surface area (Å²) in [6.07, 6.45) is 2.41. The Morgan fingerprint density at radius 1 is 1.19 bits per heavy atom. The summed E-state index contributed by atoms with van der Waals surface area (Å²) in [4.78, 5) is 15.0. The molecule has 140 valence electrons. The molecule has 1 amide bonds. The van der Waals surface area contributed by atoms with Gasteiger partial charge in [0.05, 0.1) is 32.0 Å². The van der Waals surface area contributed by atoms with Crippen molar-refractivity contribution in [1.82, 2.24) is 16.0 Å². The monoisotopic (exact) mass is 367 g/mol. The van der Waals surface area contributed by atoms with Crippen LogP contribution in [-0.4, -0.2) is 56.6 Å². The highest BCUT2D eigenvalue weighted by Gasteiger charge is 2.34. The summed E-state index contributed by atoms with van der Waals surface area (Å²) in [5.74, 6) is -1.40. The second-order valence-electron chi connectivity index (χ2n) is 6.20. The molecule has 3 aliphatic heterocycles. The maximum Gasteiger partial charge on any atom is 0.414 e. The van der Waals surface area contributed by atoms with Crippen molar-refractivity contribution in [3.05, 3.63) is 36.2 Å². The average Bonchev–Trinajstić information content (AvgIpc) is 3.25. The van der Waals surface area contributed by atoms with Crippen molar-refractivity contribution in [2.45, 2.75) is 6.10 Å². The van der Waals surface area contributed by atoms with E-state index < -0.39 is 23.8 Å². The van der Waals surface area contributed by atoms with E-state index in [1.807, 2.05) is 0 Å². The molecule has 1 aromatic carbocycles. The van der Waals surface area contributed by atoms with Gasteiger partial charge in [-0.3, -0.25) is 9.91 Å². The van der Waals surface area contributed by atoms with Crippen LogP contribution in [0.25, 0.3) is 0 Å². The van der Waals surface area contributed by atoms with Crippen LogP contribution in [0.2, 0.25) is 0 Å². The summed E-state index contributed by atoms with van der Waals surface area (Å²) in [7, 11) is 0. The van der Waals surface area contributed by atoms with Gasteiger partial charge in [-0.25, -0.2) is 13.6 Å². The first-order chi connectivity index (χ1) is 12.6. The van der Waals surface area contributed by atoms with Gasteiger partial charge >= 0.3 is 6.09 Å². The Balaban J connectivity index is 1.50. The van der Waals surface area contributed by atoms with E-state index in [1.54, 1.807) is 22.3 Å². The van der Waals surface area contributed by atoms with Crippen LogP contribution in [0, 0.1) is 11.6 Å². The number of nitrogens with one attached hydrogen (secondary N) is 2. The molecule has 2 N–H and O–H groups in total. The standard InChI is InChI=1S/C16H19F2N5O3/c17-13-7-11(8-14(18)15(13)21-3-5-25-6-4-21)23-10-12(26-16(23)24)9-22-2-1-19-20-22/h1-2,7-8,12,19-20H,3-6,9-10H2. The van der Waals surface area contributed by atoms with Crippen LogP contribution in [0.5, 0.6) is 0 Å².